The van der Waals surface area contributed by atoms with E-state index in [2.05, 4.69) is 30.3 Å². The lowest BCUT2D eigenvalue weighted by Crippen LogP contribution is -2.29. The molecule has 2 rings (SSSR count). The van der Waals surface area contributed by atoms with Gasteiger partial charge in [-0.15, -0.1) is 0 Å². The Morgan fingerprint density at radius 2 is 1.84 bits per heavy atom. The first-order chi connectivity index (χ1) is 11.9. The summed E-state index contributed by atoms with van der Waals surface area (Å²) in [5.74, 6) is 1.87. The Morgan fingerprint density at radius 1 is 1.08 bits per heavy atom. The van der Waals surface area contributed by atoms with Gasteiger partial charge in [-0.25, -0.2) is 23.1 Å². The Bertz CT molecular complexity index is 817. The van der Waals surface area contributed by atoms with Crippen LogP contribution in [0.15, 0.2) is 17.3 Å². The third kappa shape index (κ3) is 5.13. The second kappa shape index (κ2) is 8.26. The lowest BCUT2D eigenvalue weighted by Gasteiger charge is -2.09. The fourth-order valence-electron chi connectivity index (χ4n) is 2.28. The fourth-order valence-corrected chi connectivity index (χ4v) is 3.31. The van der Waals surface area contributed by atoms with Crippen LogP contribution in [0, 0.1) is 13.8 Å². The van der Waals surface area contributed by atoms with Gasteiger partial charge in [0, 0.05) is 44.1 Å². The Balaban J connectivity index is 1.92. The highest BCUT2D eigenvalue weighted by molar-refractivity contribution is 7.89. The average Bonchev–Trinajstić information content (AvgIpc) is 2.93. The molecule has 0 bridgehead atoms. The van der Waals surface area contributed by atoms with Crippen molar-refractivity contribution < 1.29 is 8.42 Å². The molecule has 0 unspecified atom stereocenters. The van der Waals surface area contributed by atoms with Crippen molar-refractivity contribution in [2.75, 3.05) is 30.3 Å². The maximum atomic E-state index is 12.3. The number of nitrogens with zero attached hydrogens (tertiary/aromatic N) is 4. The SMILES string of the molecule is CCNc1nc(C)cc(NCCNS(=O)(=O)c2cn(CC)c(C)n2)n1. The van der Waals surface area contributed by atoms with Crippen molar-refractivity contribution >= 4 is 21.8 Å². The van der Waals surface area contributed by atoms with Crippen molar-refractivity contribution in [1.82, 2.24) is 24.2 Å². The number of sulfonamides is 1. The topological polar surface area (TPSA) is 114 Å². The van der Waals surface area contributed by atoms with Crippen LogP contribution in [0.4, 0.5) is 11.8 Å². The summed E-state index contributed by atoms with van der Waals surface area (Å²) in [7, 11) is -3.62. The van der Waals surface area contributed by atoms with Gasteiger partial charge < -0.3 is 15.2 Å². The summed E-state index contributed by atoms with van der Waals surface area (Å²) in [6, 6.07) is 1.81. The summed E-state index contributed by atoms with van der Waals surface area (Å²) < 4.78 is 28.9. The van der Waals surface area contributed by atoms with Crippen molar-refractivity contribution in [3.8, 4) is 0 Å². The van der Waals surface area contributed by atoms with Crippen LogP contribution in [-0.2, 0) is 16.6 Å². The maximum Gasteiger partial charge on any atom is 0.259 e. The van der Waals surface area contributed by atoms with Gasteiger partial charge in [-0.05, 0) is 27.7 Å². The van der Waals surface area contributed by atoms with Gasteiger partial charge in [-0.3, -0.25) is 0 Å². The summed E-state index contributed by atoms with van der Waals surface area (Å²) in [4.78, 5) is 12.7. The Labute approximate surface area is 148 Å². The normalized spacial score (nSPS) is 11.5. The fraction of sp³-hybridized carbons (Fsp3) is 0.533. The molecule has 0 saturated carbocycles. The van der Waals surface area contributed by atoms with E-state index in [0.29, 0.717) is 30.7 Å². The van der Waals surface area contributed by atoms with E-state index in [4.69, 9.17) is 0 Å². The van der Waals surface area contributed by atoms with Crippen molar-refractivity contribution in [3.05, 3.63) is 23.8 Å². The van der Waals surface area contributed by atoms with Gasteiger partial charge in [-0.2, -0.15) is 4.98 Å². The molecule has 0 atom stereocenters. The molecule has 0 fully saturated rings. The molecule has 2 aromatic rings. The van der Waals surface area contributed by atoms with Crippen LogP contribution in [0.3, 0.4) is 0 Å². The highest BCUT2D eigenvalue weighted by Gasteiger charge is 2.18. The van der Waals surface area contributed by atoms with Crippen LogP contribution in [-0.4, -0.2) is 47.6 Å². The zero-order chi connectivity index (χ0) is 18.4. The number of hydrogen-bond acceptors (Lipinski definition) is 7. The third-order valence-corrected chi connectivity index (χ3v) is 4.81. The molecule has 0 spiro atoms. The van der Waals surface area contributed by atoms with Gasteiger partial charge >= 0.3 is 0 Å². The van der Waals surface area contributed by atoms with Gasteiger partial charge in [0.05, 0.1) is 0 Å². The lowest BCUT2D eigenvalue weighted by molar-refractivity contribution is 0.579. The van der Waals surface area contributed by atoms with E-state index in [1.54, 1.807) is 17.7 Å². The van der Waals surface area contributed by atoms with Gasteiger partial charge in [-0.1, -0.05) is 0 Å². The van der Waals surface area contributed by atoms with E-state index in [-0.39, 0.29) is 11.6 Å². The second-order valence-electron chi connectivity index (χ2n) is 5.49. The third-order valence-electron chi connectivity index (χ3n) is 3.48. The van der Waals surface area contributed by atoms with Crippen molar-refractivity contribution in [1.29, 1.82) is 0 Å². The standard InChI is InChI=1S/C15H25N7O2S/c1-5-16-15-19-11(3)9-13(21-15)17-7-8-18-25(23,24)14-10-22(6-2)12(4)20-14/h9-10,18H,5-8H2,1-4H3,(H2,16,17,19,21). The van der Waals surface area contributed by atoms with Crippen LogP contribution < -0.4 is 15.4 Å². The highest BCUT2D eigenvalue weighted by atomic mass is 32.2. The van der Waals surface area contributed by atoms with Gasteiger partial charge in [0.2, 0.25) is 5.95 Å². The van der Waals surface area contributed by atoms with E-state index < -0.39 is 10.0 Å². The van der Waals surface area contributed by atoms with E-state index in [0.717, 1.165) is 12.2 Å². The molecule has 25 heavy (non-hydrogen) atoms. The maximum absolute atomic E-state index is 12.3. The molecular weight excluding hydrogens is 342 g/mol. The molecule has 9 nitrogen and oxygen atoms in total. The van der Waals surface area contributed by atoms with Crippen LogP contribution in [0.1, 0.15) is 25.4 Å². The molecule has 0 aliphatic rings. The van der Waals surface area contributed by atoms with E-state index in [9.17, 15) is 8.42 Å². The molecule has 0 aliphatic heterocycles. The van der Waals surface area contributed by atoms with Gasteiger partial charge in [0.1, 0.15) is 11.6 Å². The molecule has 2 heterocycles. The number of imidazole rings is 1. The predicted octanol–water partition coefficient (Wildman–Crippen LogP) is 1.13. The summed E-state index contributed by atoms with van der Waals surface area (Å²) in [6.45, 7) is 9.59. The summed E-state index contributed by atoms with van der Waals surface area (Å²) in [6.07, 6.45) is 1.54. The smallest absolute Gasteiger partial charge is 0.259 e. The van der Waals surface area contributed by atoms with Crippen molar-refractivity contribution in [2.45, 2.75) is 39.3 Å². The van der Waals surface area contributed by atoms with Crippen LogP contribution >= 0.6 is 0 Å². The first-order valence-electron chi connectivity index (χ1n) is 8.22. The van der Waals surface area contributed by atoms with Crippen LogP contribution in [0.2, 0.25) is 0 Å². The summed E-state index contributed by atoms with van der Waals surface area (Å²) in [5, 5.41) is 6.19. The Hall–Kier alpha value is -2.20. The number of anilines is 2. The quantitative estimate of drug-likeness (QED) is 0.569. The zero-order valence-corrected chi connectivity index (χ0v) is 15.8. The zero-order valence-electron chi connectivity index (χ0n) is 15.0. The highest BCUT2D eigenvalue weighted by Crippen LogP contribution is 2.10. The number of aromatic nitrogens is 4. The molecule has 0 aromatic carbocycles. The molecular formula is C15H25N7O2S. The molecule has 0 amide bonds. The predicted molar refractivity (Wildman–Crippen MR) is 97.2 cm³/mol. The molecule has 0 saturated heterocycles. The minimum Gasteiger partial charge on any atom is -0.369 e. The first kappa shape index (κ1) is 19.1. The van der Waals surface area contributed by atoms with E-state index in [1.165, 1.54) is 0 Å². The van der Waals surface area contributed by atoms with Crippen molar-refractivity contribution in [3.63, 3.8) is 0 Å². The number of hydrogen-bond donors (Lipinski definition) is 3. The number of rotatable bonds is 9. The minimum absolute atomic E-state index is 0.0409. The monoisotopic (exact) mass is 367 g/mol. The van der Waals surface area contributed by atoms with Crippen molar-refractivity contribution in [2.24, 2.45) is 0 Å². The molecule has 0 radical (unpaired) electrons. The molecule has 138 valence electrons. The second-order valence-corrected chi connectivity index (χ2v) is 7.20. The van der Waals surface area contributed by atoms with E-state index >= 15 is 0 Å². The first-order valence-corrected chi connectivity index (χ1v) is 9.71. The van der Waals surface area contributed by atoms with Gasteiger partial charge in [0.15, 0.2) is 5.03 Å². The Morgan fingerprint density at radius 3 is 2.48 bits per heavy atom. The molecule has 0 aliphatic carbocycles. The van der Waals surface area contributed by atoms with E-state index in [1.807, 2.05) is 26.8 Å². The molecule has 3 N–H and O–H groups in total. The number of aryl methyl sites for hydroxylation is 3. The molecule has 2 aromatic heterocycles. The largest absolute Gasteiger partial charge is 0.369 e. The van der Waals surface area contributed by atoms with Crippen LogP contribution in [0.5, 0.6) is 0 Å². The minimum atomic E-state index is -3.62. The number of nitrogens with one attached hydrogen (secondary N) is 3. The lowest BCUT2D eigenvalue weighted by atomic mass is 10.4. The molecule has 10 heteroatoms. The summed E-state index contributed by atoms with van der Waals surface area (Å²) in [5.41, 5.74) is 0.828. The van der Waals surface area contributed by atoms with Crippen LogP contribution in [0.25, 0.3) is 0 Å². The van der Waals surface area contributed by atoms with Gasteiger partial charge in [0.25, 0.3) is 10.0 Å². The summed E-state index contributed by atoms with van der Waals surface area (Å²) >= 11 is 0. The Kier molecular flexibility index (Phi) is 6.32. The average molecular weight is 367 g/mol.